The number of aromatic nitrogens is 2. The molecule has 216 valence electrons. The number of fused-ring (bicyclic) bond motifs is 6. The summed E-state index contributed by atoms with van der Waals surface area (Å²) in [5.74, 6) is 0.616. The van der Waals surface area contributed by atoms with Gasteiger partial charge in [0.15, 0.2) is 5.58 Å². The van der Waals surface area contributed by atoms with Crippen LogP contribution in [-0.4, -0.2) is 9.97 Å². The van der Waals surface area contributed by atoms with Crippen LogP contribution >= 0.6 is 0 Å². The normalized spacial score (nSPS) is 11.5. The predicted molar refractivity (Wildman–Crippen MR) is 190 cm³/mol. The van der Waals surface area contributed by atoms with Crippen LogP contribution in [-0.2, 0) is 0 Å². The molecule has 0 fully saturated rings. The summed E-state index contributed by atoms with van der Waals surface area (Å²) in [6, 6.07) is 53.0. The number of para-hydroxylation sites is 1. The van der Waals surface area contributed by atoms with Gasteiger partial charge in [0.2, 0.25) is 5.89 Å². The van der Waals surface area contributed by atoms with Crippen LogP contribution in [0.4, 0.5) is 17.1 Å². The van der Waals surface area contributed by atoms with Gasteiger partial charge in [-0.2, -0.15) is 0 Å². The van der Waals surface area contributed by atoms with Crippen LogP contribution in [0.25, 0.3) is 66.0 Å². The molecule has 0 atom stereocenters. The van der Waals surface area contributed by atoms with Crippen molar-refractivity contribution in [2.45, 2.75) is 0 Å². The van der Waals surface area contributed by atoms with Crippen LogP contribution in [0.1, 0.15) is 0 Å². The van der Waals surface area contributed by atoms with Crippen LogP contribution < -0.4 is 4.90 Å². The topological polar surface area (TPSA) is 42.2 Å². The second kappa shape index (κ2) is 10.7. The number of hydrogen-bond donors (Lipinski definition) is 0. The van der Waals surface area contributed by atoms with E-state index < -0.39 is 0 Å². The van der Waals surface area contributed by atoms with E-state index in [1.54, 1.807) is 0 Å². The van der Waals surface area contributed by atoms with E-state index in [2.05, 4.69) is 125 Å². The molecule has 2 heterocycles. The summed E-state index contributed by atoms with van der Waals surface area (Å²) in [6.45, 7) is 0. The molecular formula is C42H27N3O. The van der Waals surface area contributed by atoms with E-state index >= 15 is 0 Å². The molecule has 2 aromatic heterocycles. The Kier molecular flexibility index (Phi) is 6.10. The molecule has 0 radical (unpaired) electrons. The van der Waals surface area contributed by atoms with Crippen LogP contribution in [0.5, 0.6) is 0 Å². The maximum atomic E-state index is 6.61. The first-order valence-electron chi connectivity index (χ1n) is 15.4. The maximum Gasteiger partial charge on any atom is 0.227 e. The van der Waals surface area contributed by atoms with Gasteiger partial charge < -0.3 is 9.32 Å². The first kappa shape index (κ1) is 26.2. The molecule has 0 saturated carbocycles. The van der Waals surface area contributed by atoms with Gasteiger partial charge in [-0.1, -0.05) is 91.0 Å². The van der Waals surface area contributed by atoms with Gasteiger partial charge in [-0.25, -0.2) is 4.98 Å². The van der Waals surface area contributed by atoms with Crippen molar-refractivity contribution in [3.05, 3.63) is 164 Å². The minimum atomic E-state index is 0.616. The Morgan fingerprint density at radius 1 is 0.522 bits per heavy atom. The van der Waals surface area contributed by atoms with E-state index in [0.29, 0.717) is 5.89 Å². The molecule has 9 rings (SSSR count). The highest BCUT2D eigenvalue weighted by Crippen LogP contribution is 2.44. The number of pyridine rings is 1. The molecule has 9 aromatic rings. The fourth-order valence-electron chi connectivity index (χ4n) is 6.62. The van der Waals surface area contributed by atoms with Crippen molar-refractivity contribution < 1.29 is 4.42 Å². The van der Waals surface area contributed by atoms with E-state index in [9.17, 15) is 0 Å². The lowest BCUT2D eigenvalue weighted by Gasteiger charge is -2.27. The zero-order valence-electron chi connectivity index (χ0n) is 24.8. The summed E-state index contributed by atoms with van der Waals surface area (Å²) in [6.07, 6.45) is 3.75. The summed E-state index contributed by atoms with van der Waals surface area (Å²) in [4.78, 5) is 11.7. The number of oxazole rings is 1. The first-order chi connectivity index (χ1) is 22.8. The standard InChI is InChI=1S/C42H27N3O/c1-3-12-29(13-4-1)42-44-38-23-20-30-25-36(31-15-10-24-43-27-31)35-22-21-33(26-37(35)40(30)41(38)46-42)45(32-16-5-2-6-17-32)39-19-9-14-28-11-7-8-18-34(28)39/h1-27H. The average molecular weight is 590 g/mol. The van der Waals surface area contributed by atoms with Gasteiger partial charge in [0.1, 0.15) is 5.52 Å². The fraction of sp³-hybridized carbons (Fsp3) is 0. The summed E-state index contributed by atoms with van der Waals surface area (Å²) in [7, 11) is 0. The third-order valence-corrected chi connectivity index (χ3v) is 8.73. The van der Waals surface area contributed by atoms with Gasteiger partial charge in [0, 0.05) is 45.7 Å². The van der Waals surface area contributed by atoms with Crippen molar-refractivity contribution >= 4 is 60.5 Å². The number of hydrogen-bond acceptors (Lipinski definition) is 4. The first-order valence-corrected chi connectivity index (χ1v) is 15.4. The molecular weight excluding hydrogens is 562 g/mol. The molecule has 0 saturated heterocycles. The monoisotopic (exact) mass is 589 g/mol. The highest BCUT2D eigenvalue weighted by atomic mass is 16.3. The summed E-state index contributed by atoms with van der Waals surface area (Å²) >= 11 is 0. The lowest BCUT2D eigenvalue weighted by atomic mass is 9.93. The third-order valence-electron chi connectivity index (χ3n) is 8.73. The van der Waals surface area contributed by atoms with Crippen molar-refractivity contribution in [2.75, 3.05) is 4.90 Å². The molecule has 0 aliphatic rings. The zero-order chi connectivity index (χ0) is 30.5. The molecule has 0 spiro atoms. The zero-order valence-corrected chi connectivity index (χ0v) is 24.8. The minimum absolute atomic E-state index is 0.616. The Morgan fingerprint density at radius 3 is 2.15 bits per heavy atom. The van der Waals surface area contributed by atoms with Crippen molar-refractivity contribution in [1.29, 1.82) is 0 Å². The Labute approximate surface area is 265 Å². The van der Waals surface area contributed by atoms with E-state index in [1.807, 2.05) is 48.8 Å². The Bertz CT molecular complexity index is 2520. The second-order valence-electron chi connectivity index (χ2n) is 11.5. The molecule has 0 aliphatic heterocycles. The van der Waals surface area contributed by atoms with E-state index in [-0.39, 0.29) is 0 Å². The molecule has 0 bridgehead atoms. The van der Waals surface area contributed by atoms with Crippen molar-refractivity contribution in [3.8, 4) is 22.6 Å². The fourth-order valence-corrected chi connectivity index (χ4v) is 6.62. The van der Waals surface area contributed by atoms with Gasteiger partial charge in [0.05, 0.1) is 5.69 Å². The quantitative estimate of drug-likeness (QED) is 0.187. The summed E-state index contributed by atoms with van der Waals surface area (Å²) < 4.78 is 6.61. The average Bonchev–Trinajstić information content (AvgIpc) is 3.57. The van der Waals surface area contributed by atoms with Crippen LogP contribution in [0, 0.1) is 0 Å². The number of rotatable bonds is 5. The number of nitrogens with zero attached hydrogens (tertiary/aromatic N) is 3. The number of benzene rings is 7. The van der Waals surface area contributed by atoms with Gasteiger partial charge >= 0.3 is 0 Å². The molecule has 4 nitrogen and oxygen atoms in total. The summed E-state index contributed by atoms with van der Waals surface area (Å²) in [5.41, 5.74) is 8.03. The minimum Gasteiger partial charge on any atom is -0.435 e. The molecule has 4 heteroatoms. The highest BCUT2D eigenvalue weighted by molar-refractivity contribution is 6.22. The van der Waals surface area contributed by atoms with Gasteiger partial charge in [-0.15, -0.1) is 0 Å². The van der Waals surface area contributed by atoms with E-state index in [0.717, 1.165) is 66.4 Å². The van der Waals surface area contributed by atoms with Crippen LogP contribution in [0.3, 0.4) is 0 Å². The van der Waals surface area contributed by atoms with Crippen molar-refractivity contribution in [2.24, 2.45) is 0 Å². The largest absolute Gasteiger partial charge is 0.435 e. The molecule has 0 amide bonds. The van der Waals surface area contributed by atoms with Gasteiger partial charge in [-0.05, 0) is 87.8 Å². The Balaban J connectivity index is 1.37. The second-order valence-corrected chi connectivity index (χ2v) is 11.5. The Morgan fingerprint density at radius 2 is 1.30 bits per heavy atom. The third kappa shape index (κ3) is 4.31. The lowest BCUT2D eigenvalue weighted by molar-refractivity contribution is 0.623. The molecule has 0 N–H and O–H groups in total. The van der Waals surface area contributed by atoms with Gasteiger partial charge in [0.25, 0.3) is 0 Å². The van der Waals surface area contributed by atoms with Crippen molar-refractivity contribution in [3.63, 3.8) is 0 Å². The lowest BCUT2D eigenvalue weighted by Crippen LogP contribution is -2.10. The molecule has 7 aromatic carbocycles. The molecule has 0 aliphatic carbocycles. The SMILES string of the molecule is c1ccc(-c2nc3ccc4cc(-c5cccnc5)c5ccc(N(c6ccccc6)c6cccc7ccccc67)cc5c4c3o2)cc1. The van der Waals surface area contributed by atoms with Crippen molar-refractivity contribution in [1.82, 2.24) is 9.97 Å². The smallest absolute Gasteiger partial charge is 0.227 e. The molecule has 46 heavy (non-hydrogen) atoms. The van der Waals surface area contributed by atoms with E-state index in [4.69, 9.17) is 9.40 Å². The molecule has 0 unspecified atom stereocenters. The van der Waals surface area contributed by atoms with Crippen LogP contribution in [0.15, 0.2) is 168 Å². The van der Waals surface area contributed by atoms with Gasteiger partial charge in [-0.3, -0.25) is 4.98 Å². The summed E-state index contributed by atoms with van der Waals surface area (Å²) in [5, 5.41) is 6.73. The van der Waals surface area contributed by atoms with E-state index in [1.165, 1.54) is 10.8 Å². The number of anilines is 3. The maximum absolute atomic E-state index is 6.61. The Hall–Kier alpha value is -6.26. The van der Waals surface area contributed by atoms with Crippen LogP contribution in [0.2, 0.25) is 0 Å². The highest BCUT2D eigenvalue weighted by Gasteiger charge is 2.20. The predicted octanol–water partition coefficient (Wildman–Crippen LogP) is 11.5.